The molecule has 2 aromatic carbocycles. The second-order valence-corrected chi connectivity index (χ2v) is 18.0. The fraction of sp³-hybridized carbons (Fsp3) is 0.708. The number of benzene rings is 2. The van der Waals surface area contributed by atoms with Crippen LogP contribution in [-0.4, -0.2) is 60.4 Å². The summed E-state index contributed by atoms with van der Waals surface area (Å²) in [5.74, 6) is -2.65. The summed E-state index contributed by atoms with van der Waals surface area (Å²) in [5, 5.41) is 22.0. The van der Waals surface area contributed by atoms with Crippen molar-refractivity contribution >= 4 is 96.1 Å². The number of hydrogen-bond acceptors (Lipinski definition) is 4. The third kappa shape index (κ3) is 24.1. The second-order valence-electron chi connectivity index (χ2n) is 15.7. The Balaban J connectivity index is 0.00000108. The summed E-state index contributed by atoms with van der Waals surface area (Å²) in [4.78, 5) is 20.0. The minimum Gasteiger partial charge on any atom is -0.548 e. The molecule has 0 aliphatic carbocycles. The average Bonchev–Trinajstić information content (AvgIpc) is 3.21. The number of carboxylic acids is 2. The maximum Gasteiger partial charge on any atom is 2.00 e. The summed E-state index contributed by atoms with van der Waals surface area (Å²) in [6.45, 7) is 4.51. The summed E-state index contributed by atoms with van der Waals surface area (Å²) in [7, 11) is 0. The Labute approximate surface area is 398 Å². The first-order valence-electron chi connectivity index (χ1n) is 22.3. The van der Waals surface area contributed by atoms with Gasteiger partial charge in [-0.1, -0.05) is 241 Å². The van der Waals surface area contributed by atoms with E-state index in [1.165, 1.54) is 141 Å². The second kappa shape index (κ2) is 36.5. The average molecular weight is 897 g/mol. The zero-order valence-electron chi connectivity index (χ0n) is 35.6. The molecule has 2 aromatic rings. The van der Waals surface area contributed by atoms with Gasteiger partial charge in [0.1, 0.15) is 9.75 Å². The van der Waals surface area contributed by atoms with Crippen LogP contribution in [0.1, 0.15) is 205 Å². The van der Waals surface area contributed by atoms with Crippen LogP contribution in [0.4, 0.5) is 0 Å². The van der Waals surface area contributed by atoms with Gasteiger partial charge in [0.05, 0.1) is 22.7 Å². The monoisotopic (exact) mass is 894 g/mol. The minimum absolute atomic E-state index is 0. The van der Waals surface area contributed by atoms with Crippen LogP contribution in [0.15, 0.2) is 60.7 Å². The fourth-order valence-electron chi connectivity index (χ4n) is 7.29. The van der Waals surface area contributed by atoms with E-state index in [2.05, 4.69) is 13.8 Å². The molecule has 57 heavy (non-hydrogen) atoms. The summed E-state index contributed by atoms with van der Waals surface area (Å²) >= 11 is 25.6. The SMILES string of the molecule is CCCCCCCCCCCCCCCC(Cl)C(Cl)(C(=O)[O-])c1ccccc1.CCCCCCCCCCCCCCCC(Cl)C(Cl)(C(=O)[O-])c1ccccc1.[Ca+2]. The number of aliphatic carboxylic acids is 2. The van der Waals surface area contributed by atoms with Crippen molar-refractivity contribution < 1.29 is 19.8 Å². The number of carboxylic acid groups (broad SMARTS) is 2. The molecule has 9 heteroatoms. The van der Waals surface area contributed by atoms with Crippen molar-refractivity contribution in [2.45, 2.75) is 214 Å². The molecule has 0 saturated carbocycles. The van der Waals surface area contributed by atoms with Crippen LogP contribution < -0.4 is 10.2 Å². The van der Waals surface area contributed by atoms with Gasteiger partial charge in [-0.05, 0) is 24.0 Å². The molecule has 4 nitrogen and oxygen atoms in total. The van der Waals surface area contributed by atoms with Crippen LogP contribution in [0.3, 0.4) is 0 Å². The number of rotatable bonds is 34. The van der Waals surface area contributed by atoms with E-state index in [0.717, 1.165) is 25.7 Å². The van der Waals surface area contributed by atoms with Gasteiger partial charge in [0, 0.05) is 0 Å². The number of carbonyl (C=O) groups excluding carboxylic acids is 2. The van der Waals surface area contributed by atoms with Gasteiger partial charge in [-0.2, -0.15) is 0 Å². The van der Waals surface area contributed by atoms with Crippen LogP contribution in [0.25, 0.3) is 0 Å². The van der Waals surface area contributed by atoms with Gasteiger partial charge in [-0.15, -0.1) is 46.4 Å². The van der Waals surface area contributed by atoms with Gasteiger partial charge < -0.3 is 19.8 Å². The number of carbonyl (C=O) groups is 2. The first kappa shape index (κ1) is 56.8. The van der Waals surface area contributed by atoms with E-state index in [-0.39, 0.29) is 37.7 Å². The predicted molar refractivity (Wildman–Crippen MR) is 244 cm³/mol. The van der Waals surface area contributed by atoms with Crippen molar-refractivity contribution in [1.29, 1.82) is 0 Å². The van der Waals surface area contributed by atoms with Crippen LogP contribution in [0.5, 0.6) is 0 Å². The molecule has 0 aromatic heterocycles. The van der Waals surface area contributed by atoms with Gasteiger partial charge in [0.2, 0.25) is 0 Å². The molecular weight excluding hydrogens is 822 g/mol. The summed E-state index contributed by atoms with van der Waals surface area (Å²) in [5.41, 5.74) is 0.984. The Hall–Kier alpha value is -0.200. The first-order valence-corrected chi connectivity index (χ1v) is 23.9. The molecule has 0 fully saturated rings. The quantitative estimate of drug-likeness (QED) is 0.0398. The fourth-order valence-corrected chi connectivity index (χ4v) is 8.50. The molecule has 0 spiro atoms. The van der Waals surface area contributed by atoms with Crippen molar-refractivity contribution in [3.8, 4) is 0 Å². The van der Waals surface area contributed by atoms with E-state index >= 15 is 0 Å². The Morgan fingerprint density at radius 2 is 0.649 bits per heavy atom. The van der Waals surface area contributed by atoms with Crippen molar-refractivity contribution in [3.05, 3.63) is 71.8 Å². The van der Waals surface area contributed by atoms with E-state index in [1.54, 1.807) is 48.5 Å². The number of hydrogen-bond donors (Lipinski definition) is 0. The Kier molecular flexibility index (Phi) is 36.3. The normalized spacial score (nSPS) is 14.3. The smallest absolute Gasteiger partial charge is 0.548 e. The molecule has 4 unspecified atom stereocenters. The van der Waals surface area contributed by atoms with Crippen molar-refractivity contribution in [3.63, 3.8) is 0 Å². The number of halogens is 4. The summed E-state index contributed by atoms with van der Waals surface area (Å²) in [6.07, 6.45) is 34.3. The third-order valence-electron chi connectivity index (χ3n) is 11.0. The van der Waals surface area contributed by atoms with Crippen LogP contribution >= 0.6 is 46.4 Å². The molecule has 0 aliphatic rings. The topological polar surface area (TPSA) is 80.3 Å². The minimum atomic E-state index is -1.67. The van der Waals surface area contributed by atoms with Crippen molar-refractivity contribution in [1.82, 2.24) is 0 Å². The standard InChI is InChI=1S/2C24H38Cl2O2.Ca/c2*1-2-3-4-5-6-7-8-9-10-11-12-13-17-20-22(25)24(26,23(27)28)21-18-15-14-16-19-21;/h2*14-16,18-19,22H,2-13,17,20H2,1H3,(H,27,28);/q;;+2/p-2. The Bertz CT molecular complexity index is 1140. The molecule has 0 radical (unpaired) electrons. The zero-order valence-corrected chi connectivity index (χ0v) is 40.8. The van der Waals surface area contributed by atoms with Crippen molar-refractivity contribution in [2.75, 3.05) is 0 Å². The van der Waals surface area contributed by atoms with E-state index in [9.17, 15) is 19.8 Å². The van der Waals surface area contributed by atoms with E-state index in [4.69, 9.17) is 46.4 Å². The maximum atomic E-state index is 11.7. The summed E-state index contributed by atoms with van der Waals surface area (Å²) in [6, 6.07) is 17.5. The largest absolute Gasteiger partial charge is 2.00 e. The molecular formula is C48H74CaCl4O4. The van der Waals surface area contributed by atoms with E-state index in [1.807, 2.05) is 12.1 Å². The third-order valence-corrected chi connectivity index (χ3v) is 13.6. The van der Waals surface area contributed by atoms with Crippen LogP contribution in [0.2, 0.25) is 0 Å². The van der Waals surface area contributed by atoms with Gasteiger partial charge >= 0.3 is 37.7 Å². The first-order chi connectivity index (χ1) is 27.1. The molecule has 0 saturated heterocycles. The van der Waals surface area contributed by atoms with Gasteiger partial charge in [0.15, 0.2) is 0 Å². The Morgan fingerprint density at radius 3 is 0.860 bits per heavy atom. The van der Waals surface area contributed by atoms with Crippen LogP contribution in [0, 0.1) is 0 Å². The predicted octanol–water partition coefficient (Wildman–Crippen LogP) is 13.5. The van der Waals surface area contributed by atoms with Crippen LogP contribution in [-0.2, 0) is 19.3 Å². The maximum absolute atomic E-state index is 11.7. The van der Waals surface area contributed by atoms with E-state index < -0.39 is 32.4 Å². The zero-order chi connectivity index (χ0) is 41.3. The molecule has 0 heterocycles. The molecule has 320 valence electrons. The molecule has 2 rings (SSSR count). The van der Waals surface area contributed by atoms with E-state index in [0.29, 0.717) is 24.0 Å². The van der Waals surface area contributed by atoms with Gasteiger partial charge in [0.25, 0.3) is 0 Å². The Morgan fingerprint density at radius 1 is 0.439 bits per heavy atom. The number of alkyl halides is 4. The molecule has 0 amide bonds. The number of unbranched alkanes of at least 4 members (excludes halogenated alkanes) is 24. The molecule has 0 aliphatic heterocycles. The molecule has 4 atom stereocenters. The van der Waals surface area contributed by atoms with Gasteiger partial charge in [-0.3, -0.25) is 0 Å². The summed E-state index contributed by atoms with van der Waals surface area (Å²) < 4.78 is 0. The molecule has 0 N–H and O–H groups in total. The van der Waals surface area contributed by atoms with Gasteiger partial charge in [-0.25, -0.2) is 0 Å². The molecule has 0 bridgehead atoms. The van der Waals surface area contributed by atoms with Crippen molar-refractivity contribution in [2.24, 2.45) is 0 Å².